The van der Waals surface area contributed by atoms with Crippen molar-refractivity contribution in [2.45, 2.75) is 12.5 Å². The monoisotopic (exact) mass is 313 g/mol. The maximum atomic E-state index is 12.3. The Kier molecular flexibility index (Phi) is 4.36. The minimum atomic E-state index is -0.0674. The topological polar surface area (TPSA) is 71.5 Å². The number of carbonyl (C=O) groups excluding carboxylic acids is 1. The third-order valence-corrected chi connectivity index (χ3v) is 3.69. The largest absolute Gasteiger partial charge is 0.471 e. The SMILES string of the molecule is CN(C)c1ccc(O[C@@H]2CCN(C(=O)c3ccccn3)C2)nn1. The lowest BCUT2D eigenvalue weighted by Gasteiger charge is -2.16. The number of amides is 1. The van der Waals surface area contributed by atoms with Crippen molar-refractivity contribution in [3.05, 3.63) is 42.2 Å². The van der Waals surface area contributed by atoms with Crippen LogP contribution in [0.4, 0.5) is 5.82 Å². The van der Waals surface area contributed by atoms with E-state index in [2.05, 4.69) is 15.2 Å². The molecule has 0 saturated carbocycles. The summed E-state index contributed by atoms with van der Waals surface area (Å²) in [5.74, 6) is 1.19. The Bertz CT molecular complexity index is 660. The van der Waals surface area contributed by atoms with E-state index in [1.54, 1.807) is 29.3 Å². The normalized spacial score (nSPS) is 17.1. The van der Waals surface area contributed by atoms with Crippen molar-refractivity contribution in [2.24, 2.45) is 0 Å². The summed E-state index contributed by atoms with van der Waals surface area (Å²) in [6.07, 6.45) is 2.33. The molecule has 0 bridgehead atoms. The van der Waals surface area contributed by atoms with Crippen LogP contribution in [-0.4, -0.2) is 59.3 Å². The van der Waals surface area contributed by atoms with Gasteiger partial charge in [0, 0.05) is 39.3 Å². The third-order valence-electron chi connectivity index (χ3n) is 3.69. The van der Waals surface area contributed by atoms with Crippen molar-refractivity contribution < 1.29 is 9.53 Å². The van der Waals surface area contributed by atoms with Crippen LogP contribution in [0.25, 0.3) is 0 Å². The highest BCUT2D eigenvalue weighted by Crippen LogP contribution is 2.18. The van der Waals surface area contributed by atoms with E-state index >= 15 is 0 Å². The summed E-state index contributed by atoms with van der Waals surface area (Å²) in [6, 6.07) is 8.98. The molecule has 0 N–H and O–H groups in total. The van der Waals surface area contributed by atoms with Crippen LogP contribution >= 0.6 is 0 Å². The first-order valence-corrected chi connectivity index (χ1v) is 7.51. The minimum absolute atomic E-state index is 0.0641. The van der Waals surface area contributed by atoms with Crippen molar-refractivity contribution in [1.82, 2.24) is 20.1 Å². The molecule has 3 rings (SSSR count). The van der Waals surface area contributed by atoms with Crippen molar-refractivity contribution in [3.8, 4) is 5.88 Å². The molecule has 120 valence electrons. The molecule has 0 aromatic carbocycles. The Hall–Kier alpha value is -2.70. The van der Waals surface area contributed by atoms with Gasteiger partial charge in [-0.25, -0.2) is 0 Å². The number of hydrogen-bond acceptors (Lipinski definition) is 6. The molecule has 7 nitrogen and oxygen atoms in total. The summed E-state index contributed by atoms with van der Waals surface area (Å²) in [4.78, 5) is 20.1. The number of anilines is 1. The van der Waals surface area contributed by atoms with Crippen LogP contribution in [0.5, 0.6) is 5.88 Å². The summed E-state index contributed by atoms with van der Waals surface area (Å²) >= 11 is 0. The molecule has 23 heavy (non-hydrogen) atoms. The smallest absolute Gasteiger partial charge is 0.272 e. The van der Waals surface area contributed by atoms with Gasteiger partial charge in [-0.05, 0) is 18.2 Å². The summed E-state index contributed by atoms with van der Waals surface area (Å²) in [5.41, 5.74) is 0.461. The molecule has 1 atom stereocenters. The van der Waals surface area contributed by atoms with Crippen molar-refractivity contribution in [2.75, 3.05) is 32.1 Å². The zero-order valence-corrected chi connectivity index (χ0v) is 13.2. The van der Waals surface area contributed by atoms with Gasteiger partial charge in [-0.15, -0.1) is 10.2 Å². The van der Waals surface area contributed by atoms with Crippen LogP contribution in [0.1, 0.15) is 16.9 Å². The van der Waals surface area contributed by atoms with E-state index in [4.69, 9.17) is 4.74 Å². The maximum Gasteiger partial charge on any atom is 0.272 e. The summed E-state index contributed by atoms with van der Waals surface area (Å²) in [7, 11) is 3.81. The van der Waals surface area contributed by atoms with E-state index in [1.807, 2.05) is 31.1 Å². The van der Waals surface area contributed by atoms with Gasteiger partial charge in [0.2, 0.25) is 5.88 Å². The summed E-state index contributed by atoms with van der Waals surface area (Å²) in [6.45, 7) is 1.19. The Balaban J connectivity index is 1.58. The second-order valence-electron chi connectivity index (χ2n) is 5.62. The predicted molar refractivity (Wildman–Crippen MR) is 85.5 cm³/mol. The van der Waals surface area contributed by atoms with Gasteiger partial charge in [-0.3, -0.25) is 9.78 Å². The Labute approximate surface area is 134 Å². The Morgan fingerprint density at radius 1 is 1.26 bits per heavy atom. The number of aromatic nitrogens is 3. The highest BCUT2D eigenvalue weighted by molar-refractivity contribution is 5.92. The average molecular weight is 313 g/mol. The fourth-order valence-corrected chi connectivity index (χ4v) is 2.45. The van der Waals surface area contributed by atoms with Gasteiger partial charge in [0.05, 0.1) is 6.54 Å². The lowest BCUT2D eigenvalue weighted by molar-refractivity contribution is 0.0765. The number of pyridine rings is 1. The predicted octanol–water partition coefficient (Wildman–Crippen LogP) is 1.23. The molecule has 2 aromatic rings. The van der Waals surface area contributed by atoms with Gasteiger partial charge in [-0.1, -0.05) is 6.07 Å². The van der Waals surface area contributed by atoms with Crippen LogP contribution < -0.4 is 9.64 Å². The first-order chi connectivity index (χ1) is 11.1. The highest BCUT2D eigenvalue weighted by Gasteiger charge is 2.29. The van der Waals surface area contributed by atoms with E-state index < -0.39 is 0 Å². The molecule has 1 aliphatic heterocycles. The zero-order chi connectivity index (χ0) is 16.2. The standard InChI is InChI=1S/C16H19N5O2/c1-20(2)14-6-7-15(19-18-14)23-12-8-10-21(11-12)16(22)13-5-3-4-9-17-13/h3-7,9,12H,8,10-11H2,1-2H3/t12-/m1/s1. The fraction of sp³-hybridized carbons (Fsp3) is 0.375. The van der Waals surface area contributed by atoms with E-state index in [9.17, 15) is 4.79 Å². The first-order valence-electron chi connectivity index (χ1n) is 7.51. The highest BCUT2D eigenvalue weighted by atomic mass is 16.5. The van der Waals surface area contributed by atoms with Crippen LogP contribution in [0.15, 0.2) is 36.5 Å². The second-order valence-corrected chi connectivity index (χ2v) is 5.62. The average Bonchev–Trinajstić information content (AvgIpc) is 3.04. The number of ether oxygens (including phenoxy) is 1. The van der Waals surface area contributed by atoms with Crippen molar-refractivity contribution >= 4 is 11.7 Å². The van der Waals surface area contributed by atoms with Crippen LogP contribution in [0.2, 0.25) is 0 Å². The number of hydrogen-bond donors (Lipinski definition) is 0. The Morgan fingerprint density at radius 2 is 2.13 bits per heavy atom. The Morgan fingerprint density at radius 3 is 2.78 bits per heavy atom. The molecule has 7 heteroatoms. The van der Waals surface area contributed by atoms with Crippen LogP contribution in [0, 0.1) is 0 Å². The molecule has 1 amide bonds. The van der Waals surface area contributed by atoms with Gasteiger partial charge in [0.15, 0.2) is 5.82 Å². The van der Waals surface area contributed by atoms with E-state index in [-0.39, 0.29) is 12.0 Å². The van der Waals surface area contributed by atoms with Gasteiger partial charge < -0.3 is 14.5 Å². The quantitative estimate of drug-likeness (QED) is 0.845. The van der Waals surface area contributed by atoms with Crippen molar-refractivity contribution in [1.29, 1.82) is 0 Å². The van der Waals surface area contributed by atoms with E-state index in [0.717, 1.165) is 12.2 Å². The van der Waals surface area contributed by atoms with Crippen LogP contribution in [-0.2, 0) is 0 Å². The van der Waals surface area contributed by atoms with E-state index in [1.165, 1.54) is 0 Å². The van der Waals surface area contributed by atoms with E-state index in [0.29, 0.717) is 24.7 Å². The molecule has 0 unspecified atom stereocenters. The molecule has 0 radical (unpaired) electrons. The summed E-state index contributed by atoms with van der Waals surface area (Å²) < 4.78 is 5.82. The van der Waals surface area contributed by atoms with Crippen LogP contribution in [0.3, 0.4) is 0 Å². The molecule has 1 saturated heterocycles. The molecular weight excluding hydrogens is 294 g/mol. The number of rotatable bonds is 4. The molecule has 1 aliphatic rings. The number of nitrogens with zero attached hydrogens (tertiary/aromatic N) is 5. The summed E-state index contributed by atoms with van der Waals surface area (Å²) in [5, 5.41) is 8.14. The third kappa shape index (κ3) is 3.56. The second kappa shape index (κ2) is 6.60. The molecular formula is C16H19N5O2. The molecule has 2 aromatic heterocycles. The van der Waals surface area contributed by atoms with Gasteiger partial charge in [0.25, 0.3) is 5.91 Å². The first kappa shape index (κ1) is 15.2. The maximum absolute atomic E-state index is 12.3. The van der Waals surface area contributed by atoms with Crippen molar-refractivity contribution in [3.63, 3.8) is 0 Å². The molecule has 0 aliphatic carbocycles. The van der Waals surface area contributed by atoms with Gasteiger partial charge in [0.1, 0.15) is 11.8 Å². The lowest BCUT2D eigenvalue weighted by atomic mass is 10.3. The van der Waals surface area contributed by atoms with Gasteiger partial charge in [-0.2, -0.15) is 0 Å². The zero-order valence-electron chi connectivity index (χ0n) is 13.2. The molecule has 1 fully saturated rings. The number of likely N-dealkylation sites (tertiary alicyclic amines) is 1. The minimum Gasteiger partial charge on any atom is -0.471 e. The molecule has 3 heterocycles. The number of carbonyl (C=O) groups is 1. The fourth-order valence-electron chi connectivity index (χ4n) is 2.45. The van der Waals surface area contributed by atoms with Gasteiger partial charge >= 0.3 is 0 Å². The molecule has 0 spiro atoms. The lowest BCUT2D eigenvalue weighted by Crippen LogP contribution is -2.31.